The second-order valence-corrected chi connectivity index (χ2v) is 21.0. The first-order chi connectivity index (χ1) is 26.0. The lowest BCUT2D eigenvalue weighted by molar-refractivity contribution is -0.137. The van der Waals surface area contributed by atoms with E-state index in [-0.39, 0.29) is 56.1 Å². The van der Waals surface area contributed by atoms with Crippen molar-refractivity contribution in [3.05, 3.63) is 76.5 Å². The molecule has 6 rings (SSSR count). The molecule has 2 aliphatic rings. The number of imidazole rings is 1. The number of amides is 3. The molecule has 55 heavy (non-hydrogen) atoms. The highest BCUT2D eigenvalue weighted by atomic mass is 35.5. The van der Waals surface area contributed by atoms with Gasteiger partial charge in [0.25, 0.3) is 11.8 Å². The van der Waals surface area contributed by atoms with Crippen LogP contribution >= 0.6 is 11.6 Å². The van der Waals surface area contributed by atoms with Gasteiger partial charge < -0.3 is 24.1 Å². The average molecular weight is 795 g/mol. The number of nitrogens with one attached hydrogen (secondary N) is 2. The van der Waals surface area contributed by atoms with Crippen molar-refractivity contribution in [3.8, 4) is 22.4 Å². The summed E-state index contributed by atoms with van der Waals surface area (Å²) in [4.78, 5) is 50.3. The van der Waals surface area contributed by atoms with Crippen molar-refractivity contribution in [1.82, 2.24) is 34.4 Å². The minimum atomic E-state index is -1.87. The Labute approximate surface area is 326 Å². The van der Waals surface area contributed by atoms with Crippen molar-refractivity contribution in [3.63, 3.8) is 0 Å². The molecule has 0 aliphatic carbocycles. The Balaban J connectivity index is 1.04. The van der Waals surface area contributed by atoms with Gasteiger partial charge in [-0.1, -0.05) is 38.4 Å². The van der Waals surface area contributed by atoms with Gasteiger partial charge in [0.2, 0.25) is 5.91 Å². The number of hydrogen-bond acceptors (Lipinski definition) is 7. The molecule has 0 bridgehead atoms. The summed E-state index contributed by atoms with van der Waals surface area (Å²) in [6, 6.07) is 7.31. The summed E-state index contributed by atoms with van der Waals surface area (Å²) in [5, 5.41) is 9.59. The Hall–Kier alpha value is -4.44. The van der Waals surface area contributed by atoms with E-state index in [1.807, 2.05) is 4.90 Å². The number of likely N-dealkylation sites (tertiary alicyclic amines) is 1. The standard InChI is InChI=1S/C39H49ClF2N8O4Si/c1-24-29(22-44-46-24)26-12-13-28(34(42)33(26)41)32-23-43-35(47(32)5)36(51)45-25-10-11-27(30(40)21-25)37(52)49-15-17-50(18-16-49)38(53)31-9-8-14-48(31)19-20-54-55(6,7)39(2,3)4/h10-13,21-23,31H,8-9,14-20H2,1-7H3,(H,44,46)(H,45,51)/t31-/m0/s1. The molecular weight excluding hydrogens is 746 g/mol. The average Bonchev–Trinajstić information content (AvgIpc) is 3.88. The van der Waals surface area contributed by atoms with Crippen LogP contribution in [-0.4, -0.2) is 112 Å². The van der Waals surface area contributed by atoms with Crippen molar-refractivity contribution in [2.45, 2.75) is 64.7 Å². The molecule has 2 N–H and O–H groups in total. The second kappa shape index (κ2) is 16.0. The topological polar surface area (TPSA) is 129 Å². The van der Waals surface area contributed by atoms with Crippen LogP contribution in [0.1, 0.15) is 60.3 Å². The van der Waals surface area contributed by atoms with Gasteiger partial charge in [0.1, 0.15) is 0 Å². The molecule has 2 fully saturated rings. The molecule has 2 aromatic heterocycles. The fraction of sp³-hybridized carbons (Fsp3) is 0.462. The van der Waals surface area contributed by atoms with E-state index in [0.717, 1.165) is 25.9 Å². The number of nitrogens with zero attached hydrogens (tertiary/aromatic N) is 6. The minimum Gasteiger partial charge on any atom is -0.416 e. The Morgan fingerprint density at radius 1 is 0.982 bits per heavy atom. The molecular formula is C39H49ClF2N8O4Si. The lowest BCUT2D eigenvalue weighted by Crippen LogP contribution is -2.55. The number of carbonyl (C=O) groups is 3. The highest BCUT2D eigenvalue weighted by Crippen LogP contribution is 2.37. The Morgan fingerprint density at radius 3 is 2.31 bits per heavy atom. The number of rotatable bonds is 10. The number of benzene rings is 2. The van der Waals surface area contributed by atoms with Crippen LogP contribution in [0.25, 0.3) is 22.4 Å². The maximum atomic E-state index is 15.3. The summed E-state index contributed by atoms with van der Waals surface area (Å²) >= 11 is 6.58. The van der Waals surface area contributed by atoms with Crippen molar-refractivity contribution in [1.29, 1.82) is 0 Å². The summed E-state index contributed by atoms with van der Waals surface area (Å²) in [6.45, 7) is 16.7. The number of aromatic nitrogens is 4. The maximum Gasteiger partial charge on any atom is 0.291 e. The lowest BCUT2D eigenvalue weighted by atomic mass is 10.0. The predicted molar refractivity (Wildman–Crippen MR) is 211 cm³/mol. The Morgan fingerprint density at radius 2 is 1.65 bits per heavy atom. The summed E-state index contributed by atoms with van der Waals surface area (Å²) in [7, 11) is -0.342. The number of piperazine rings is 1. The third-order valence-corrected chi connectivity index (χ3v) is 16.2. The van der Waals surface area contributed by atoms with Crippen LogP contribution in [-0.2, 0) is 16.3 Å². The second-order valence-electron chi connectivity index (χ2n) is 15.8. The van der Waals surface area contributed by atoms with Gasteiger partial charge in [-0.25, -0.2) is 13.8 Å². The first-order valence-electron chi connectivity index (χ1n) is 18.6. The molecule has 294 valence electrons. The number of halogens is 3. The number of hydrogen-bond donors (Lipinski definition) is 2. The molecule has 0 unspecified atom stereocenters. The zero-order valence-electron chi connectivity index (χ0n) is 32.4. The van der Waals surface area contributed by atoms with Crippen LogP contribution in [0.4, 0.5) is 14.5 Å². The van der Waals surface area contributed by atoms with E-state index in [2.05, 4.69) is 59.3 Å². The van der Waals surface area contributed by atoms with E-state index in [1.165, 1.54) is 42.2 Å². The molecule has 4 heterocycles. The number of anilines is 1. The summed E-state index contributed by atoms with van der Waals surface area (Å²) in [5.74, 6) is -2.94. The first kappa shape index (κ1) is 40.2. The Kier molecular flexibility index (Phi) is 11.7. The molecule has 12 nitrogen and oxygen atoms in total. The molecule has 1 atom stereocenters. The highest BCUT2D eigenvalue weighted by Gasteiger charge is 2.39. The molecule has 0 spiro atoms. The van der Waals surface area contributed by atoms with Gasteiger partial charge in [-0.15, -0.1) is 0 Å². The van der Waals surface area contributed by atoms with E-state index in [1.54, 1.807) is 24.0 Å². The van der Waals surface area contributed by atoms with Gasteiger partial charge in [-0.2, -0.15) is 5.10 Å². The molecule has 0 saturated carbocycles. The van der Waals surface area contributed by atoms with Gasteiger partial charge in [0.05, 0.1) is 34.7 Å². The molecule has 16 heteroatoms. The van der Waals surface area contributed by atoms with E-state index in [4.69, 9.17) is 16.0 Å². The van der Waals surface area contributed by atoms with Gasteiger partial charge in [0.15, 0.2) is 25.8 Å². The number of H-pyrrole nitrogens is 1. The minimum absolute atomic E-state index is 0.0477. The number of carbonyl (C=O) groups excluding carboxylic acids is 3. The van der Waals surface area contributed by atoms with Crippen molar-refractivity contribution >= 4 is 43.3 Å². The van der Waals surface area contributed by atoms with E-state index in [9.17, 15) is 14.4 Å². The van der Waals surface area contributed by atoms with Crippen LogP contribution in [0.5, 0.6) is 0 Å². The van der Waals surface area contributed by atoms with Crippen LogP contribution in [0, 0.1) is 18.6 Å². The Bertz CT molecular complexity index is 2090. The zero-order valence-corrected chi connectivity index (χ0v) is 34.2. The van der Waals surface area contributed by atoms with E-state index < -0.39 is 25.9 Å². The van der Waals surface area contributed by atoms with E-state index in [0.29, 0.717) is 49.7 Å². The normalized spacial score (nSPS) is 16.9. The van der Waals surface area contributed by atoms with Crippen LogP contribution in [0.15, 0.2) is 42.7 Å². The monoisotopic (exact) mass is 794 g/mol. The zero-order chi connectivity index (χ0) is 39.8. The number of aryl methyl sites for hydroxylation is 1. The van der Waals surface area contributed by atoms with E-state index >= 15 is 8.78 Å². The number of aromatic amines is 1. The summed E-state index contributed by atoms with van der Waals surface area (Å²) in [5.41, 5.74) is 1.84. The van der Waals surface area contributed by atoms with Crippen LogP contribution < -0.4 is 5.32 Å². The molecule has 2 saturated heterocycles. The lowest BCUT2D eigenvalue weighted by Gasteiger charge is -2.38. The molecule has 4 aromatic rings. The van der Waals surface area contributed by atoms with Crippen LogP contribution in [0.3, 0.4) is 0 Å². The largest absolute Gasteiger partial charge is 0.416 e. The fourth-order valence-corrected chi connectivity index (χ4v) is 8.22. The molecule has 2 aromatic carbocycles. The predicted octanol–water partition coefficient (Wildman–Crippen LogP) is 6.74. The van der Waals surface area contributed by atoms with Gasteiger partial charge in [-0.3, -0.25) is 24.4 Å². The van der Waals surface area contributed by atoms with Gasteiger partial charge >= 0.3 is 0 Å². The maximum absolute atomic E-state index is 15.3. The highest BCUT2D eigenvalue weighted by molar-refractivity contribution is 6.74. The third kappa shape index (κ3) is 8.25. The van der Waals surface area contributed by atoms with Crippen LogP contribution in [0.2, 0.25) is 23.2 Å². The molecule has 0 radical (unpaired) electrons. The summed E-state index contributed by atoms with van der Waals surface area (Å²) < 4.78 is 38.2. The SMILES string of the molecule is Cc1[nH]ncc1-c1ccc(-c2cnc(C(=O)Nc3ccc(C(=O)N4CCN(C(=O)[C@@H]5CCCN5CCO[Si](C)(C)C(C)(C)C)CC4)c(Cl)c3)n2C)c(F)c1F. The van der Waals surface area contributed by atoms with Crippen molar-refractivity contribution in [2.24, 2.45) is 7.05 Å². The van der Waals surface area contributed by atoms with Crippen molar-refractivity contribution in [2.75, 3.05) is 51.2 Å². The fourth-order valence-electron chi connectivity index (χ4n) is 6.92. The summed E-state index contributed by atoms with van der Waals surface area (Å²) in [6.07, 6.45) is 4.51. The van der Waals surface area contributed by atoms with Gasteiger partial charge in [0, 0.05) is 74.5 Å². The quantitative estimate of drug-likeness (QED) is 0.170. The smallest absolute Gasteiger partial charge is 0.291 e. The third-order valence-electron chi connectivity index (χ3n) is 11.3. The first-order valence-corrected chi connectivity index (χ1v) is 21.8. The van der Waals surface area contributed by atoms with Crippen molar-refractivity contribution < 1.29 is 27.6 Å². The molecule has 2 aliphatic heterocycles. The van der Waals surface area contributed by atoms with Gasteiger partial charge in [-0.05, 0) is 68.7 Å². The molecule has 3 amide bonds.